The molecule has 2 aliphatic heterocycles. The van der Waals surface area contributed by atoms with E-state index in [4.69, 9.17) is 5.11 Å². The molecule has 0 aromatic carbocycles. The van der Waals surface area contributed by atoms with Gasteiger partial charge in [-0.1, -0.05) is 0 Å². The summed E-state index contributed by atoms with van der Waals surface area (Å²) in [6, 6.07) is 0.796. The highest BCUT2D eigenvalue weighted by atomic mass is 32.2. The quantitative estimate of drug-likeness (QED) is 0.801. The van der Waals surface area contributed by atoms with Crippen LogP contribution in [-0.4, -0.2) is 55.0 Å². The largest absolute Gasteiger partial charge is 0.481 e. The Morgan fingerprint density at radius 1 is 1.28 bits per heavy atom. The lowest BCUT2D eigenvalue weighted by molar-refractivity contribution is -0.138. The number of carbonyl (C=O) groups is 1. The van der Waals surface area contributed by atoms with Gasteiger partial charge >= 0.3 is 5.97 Å². The second-order valence-electron chi connectivity index (χ2n) is 5.69. The number of sulfone groups is 1. The Labute approximate surface area is 108 Å². The SMILES string of the molecule is CS(=O)(=O)CCN1C2CCC1CC(CC(=O)O)C2. The van der Waals surface area contributed by atoms with Crippen LogP contribution >= 0.6 is 0 Å². The van der Waals surface area contributed by atoms with Crippen molar-refractivity contribution in [3.63, 3.8) is 0 Å². The molecule has 6 heteroatoms. The first kappa shape index (κ1) is 13.8. The number of hydrogen-bond donors (Lipinski definition) is 1. The minimum absolute atomic E-state index is 0.212. The Hall–Kier alpha value is -0.620. The van der Waals surface area contributed by atoms with Gasteiger partial charge in [-0.15, -0.1) is 0 Å². The molecule has 2 rings (SSSR count). The highest BCUT2D eigenvalue weighted by molar-refractivity contribution is 7.90. The Morgan fingerprint density at radius 3 is 2.28 bits per heavy atom. The Balaban J connectivity index is 1.91. The number of piperidine rings is 1. The lowest BCUT2D eigenvalue weighted by atomic mass is 9.88. The predicted molar refractivity (Wildman–Crippen MR) is 68.2 cm³/mol. The van der Waals surface area contributed by atoms with E-state index in [2.05, 4.69) is 4.90 Å². The molecular weight excluding hydrogens is 254 g/mol. The van der Waals surface area contributed by atoms with Crippen molar-refractivity contribution in [3.05, 3.63) is 0 Å². The van der Waals surface area contributed by atoms with Gasteiger partial charge in [0.2, 0.25) is 0 Å². The van der Waals surface area contributed by atoms with Crippen LogP contribution in [-0.2, 0) is 14.6 Å². The molecule has 0 amide bonds. The third kappa shape index (κ3) is 3.45. The van der Waals surface area contributed by atoms with Crippen molar-refractivity contribution in [1.82, 2.24) is 4.90 Å². The van der Waals surface area contributed by atoms with Crippen LogP contribution in [0.1, 0.15) is 32.1 Å². The summed E-state index contributed by atoms with van der Waals surface area (Å²) < 4.78 is 22.4. The summed E-state index contributed by atoms with van der Waals surface area (Å²) in [5.74, 6) is -0.234. The molecule has 104 valence electrons. The summed E-state index contributed by atoms with van der Waals surface area (Å²) >= 11 is 0. The van der Waals surface area contributed by atoms with E-state index < -0.39 is 15.8 Å². The van der Waals surface area contributed by atoms with Crippen molar-refractivity contribution in [2.24, 2.45) is 5.92 Å². The molecule has 1 N–H and O–H groups in total. The van der Waals surface area contributed by atoms with E-state index in [1.165, 1.54) is 6.26 Å². The monoisotopic (exact) mass is 275 g/mol. The second kappa shape index (κ2) is 5.17. The second-order valence-corrected chi connectivity index (χ2v) is 7.95. The van der Waals surface area contributed by atoms with Crippen molar-refractivity contribution in [2.75, 3.05) is 18.6 Å². The predicted octanol–water partition coefficient (Wildman–Crippen LogP) is 0.749. The van der Waals surface area contributed by atoms with E-state index in [1.807, 2.05) is 0 Å². The van der Waals surface area contributed by atoms with E-state index in [9.17, 15) is 13.2 Å². The van der Waals surface area contributed by atoms with Crippen LogP contribution in [0.4, 0.5) is 0 Å². The topological polar surface area (TPSA) is 74.7 Å². The molecule has 18 heavy (non-hydrogen) atoms. The number of rotatable bonds is 5. The van der Waals surface area contributed by atoms with Gasteiger partial charge in [0.1, 0.15) is 9.84 Å². The van der Waals surface area contributed by atoms with Gasteiger partial charge in [0.25, 0.3) is 0 Å². The molecule has 0 spiro atoms. The summed E-state index contributed by atoms with van der Waals surface area (Å²) in [6.07, 6.45) is 5.52. The minimum Gasteiger partial charge on any atom is -0.481 e. The van der Waals surface area contributed by atoms with E-state index in [-0.39, 0.29) is 18.1 Å². The third-order valence-corrected chi connectivity index (χ3v) is 5.09. The Kier molecular flexibility index (Phi) is 3.96. The van der Waals surface area contributed by atoms with Crippen molar-refractivity contribution in [1.29, 1.82) is 0 Å². The zero-order valence-electron chi connectivity index (χ0n) is 10.7. The zero-order valence-corrected chi connectivity index (χ0v) is 11.5. The van der Waals surface area contributed by atoms with Crippen LogP contribution in [0.5, 0.6) is 0 Å². The molecule has 2 fully saturated rings. The molecule has 2 unspecified atom stereocenters. The number of fused-ring (bicyclic) bond motifs is 2. The van der Waals surface area contributed by atoms with Gasteiger partial charge < -0.3 is 5.11 Å². The number of aliphatic carboxylic acids is 1. The molecule has 0 aromatic heterocycles. The van der Waals surface area contributed by atoms with Crippen molar-refractivity contribution < 1.29 is 18.3 Å². The summed E-state index contributed by atoms with van der Waals surface area (Å²) in [7, 11) is -2.91. The van der Waals surface area contributed by atoms with Crippen molar-refractivity contribution >= 4 is 15.8 Å². The standard InChI is InChI=1S/C12H21NO4S/c1-18(16,17)5-4-13-10-2-3-11(13)7-9(6-10)8-12(14)15/h9-11H,2-8H2,1H3,(H,14,15). The number of carboxylic acid groups (broad SMARTS) is 1. The first-order valence-electron chi connectivity index (χ1n) is 6.50. The summed E-state index contributed by atoms with van der Waals surface area (Å²) in [5, 5.41) is 8.84. The fraction of sp³-hybridized carbons (Fsp3) is 0.917. The minimum atomic E-state index is -2.91. The fourth-order valence-electron chi connectivity index (χ4n) is 3.44. The molecule has 2 heterocycles. The van der Waals surface area contributed by atoms with Gasteiger partial charge in [-0.3, -0.25) is 9.69 Å². The molecule has 2 bridgehead atoms. The average Bonchev–Trinajstić information content (AvgIpc) is 2.44. The maximum atomic E-state index is 11.2. The lowest BCUT2D eigenvalue weighted by Gasteiger charge is -2.38. The lowest BCUT2D eigenvalue weighted by Crippen LogP contribution is -2.45. The van der Waals surface area contributed by atoms with E-state index in [1.54, 1.807) is 0 Å². The van der Waals surface area contributed by atoms with E-state index in [0.29, 0.717) is 18.6 Å². The van der Waals surface area contributed by atoms with Gasteiger partial charge in [-0.05, 0) is 31.6 Å². The fourth-order valence-corrected chi connectivity index (χ4v) is 3.98. The van der Waals surface area contributed by atoms with Crippen LogP contribution in [0.2, 0.25) is 0 Å². The summed E-state index contributed by atoms with van der Waals surface area (Å²) in [6.45, 7) is 0.605. The van der Waals surface area contributed by atoms with Gasteiger partial charge in [-0.2, -0.15) is 0 Å². The molecule has 0 aliphatic carbocycles. The van der Waals surface area contributed by atoms with E-state index in [0.717, 1.165) is 25.7 Å². The van der Waals surface area contributed by atoms with Crippen molar-refractivity contribution in [3.8, 4) is 0 Å². The normalized spacial score (nSPS) is 32.6. The zero-order chi connectivity index (χ0) is 13.3. The van der Waals surface area contributed by atoms with Gasteiger partial charge in [0.05, 0.1) is 5.75 Å². The van der Waals surface area contributed by atoms with Gasteiger partial charge in [0.15, 0.2) is 0 Å². The Bertz CT molecular complexity index is 406. The van der Waals surface area contributed by atoms with Gasteiger partial charge in [0, 0.05) is 31.3 Å². The molecule has 2 aliphatic rings. The van der Waals surface area contributed by atoms with Crippen molar-refractivity contribution in [2.45, 2.75) is 44.2 Å². The first-order valence-corrected chi connectivity index (χ1v) is 8.56. The smallest absolute Gasteiger partial charge is 0.303 e. The molecule has 0 saturated carbocycles. The molecule has 2 atom stereocenters. The number of hydrogen-bond acceptors (Lipinski definition) is 4. The molecule has 0 radical (unpaired) electrons. The number of carboxylic acids is 1. The number of nitrogens with zero attached hydrogens (tertiary/aromatic N) is 1. The van der Waals surface area contributed by atoms with Gasteiger partial charge in [-0.25, -0.2) is 8.42 Å². The maximum Gasteiger partial charge on any atom is 0.303 e. The first-order chi connectivity index (χ1) is 8.35. The molecule has 2 saturated heterocycles. The maximum absolute atomic E-state index is 11.2. The molecule has 0 aromatic rings. The molecular formula is C12H21NO4S. The molecule has 5 nitrogen and oxygen atoms in total. The average molecular weight is 275 g/mol. The van der Waals surface area contributed by atoms with Crippen LogP contribution in [0.3, 0.4) is 0 Å². The van der Waals surface area contributed by atoms with E-state index >= 15 is 0 Å². The highest BCUT2D eigenvalue weighted by Crippen LogP contribution is 2.39. The van der Waals surface area contributed by atoms with Crippen LogP contribution < -0.4 is 0 Å². The van der Waals surface area contributed by atoms with Crippen LogP contribution in [0, 0.1) is 5.92 Å². The third-order valence-electron chi connectivity index (χ3n) is 4.17. The van der Waals surface area contributed by atoms with Crippen LogP contribution in [0.15, 0.2) is 0 Å². The Morgan fingerprint density at radius 2 is 1.83 bits per heavy atom. The highest BCUT2D eigenvalue weighted by Gasteiger charge is 2.40. The summed E-state index contributed by atoms with van der Waals surface area (Å²) in [5.41, 5.74) is 0. The van der Waals surface area contributed by atoms with Crippen LogP contribution in [0.25, 0.3) is 0 Å². The summed E-state index contributed by atoms with van der Waals surface area (Å²) in [4.78, 5) is 13.0.